The molecule has 1 saturated heterocycles. The SMILES string of the molecule is O=C(O)[C@@H]1CCCN1Cc1csc(-c2ccsc2)n1. The highest BCUT2D eigenvalue weighted by atomic mass is 32.1. The summed E-state index contributed by atoms with van der Waals surface area (Å²) in [7, 11) is 0. The van der Waals surface area contributed by atoms with Gasteiger partial charge in [0, 0.05) is 22.9 Å². The molecule has 1 fully saturated rings. The maximum atomic E-state index is 11.1. The number of hydrogen-bond acceptors (Lipinski definition) is 5. The second-order valence-electron chi connectivity index (χ2n) is 4.62. The molecule has 0 aliphatic carbocycles. The van der Waals surface area contributed by atoms with Gasteiger partial charge in [0.2, 0.25) is 0 Å². The molecule has 2 aromatic heterocycles. The highest BCUT2D eigenvalue weighted by Gasteiger charge is 2.30. The van der Waals surface area contributed by atoms with Crippen LogP contribution in [0.1, 0.15) is 18.5 Å². The van der Waals surface area contributed by atoms with Crippen LogP contribution < -0.4 is 0 Å². The number of carboxylic acid groups (broad SMARTS) is 1. The van der Waals surface area contributed by atoms with E-state index in [-0.39, 0.29) is 6.04 Å². The van der Waals surface area contributed by atoms with E-state index in [1.807, 2.05) is 15.7 Å². The predicted octanol–water partition coefficient (Wildman–Crippen LogP) is 2.92. The fourth-order valence-electron chi connectivity index (χ4n) is 2.40. The van der Waals surface area contributed by atoms with Crippen LogP contribution in [0.2, 0.25) is 0 Å². The number of aromatic nitrogens is 1. The lowest BCUT2D eigenvalue weighted by atomic mass is 10.2. The van der Waals surface area contributed by atoms with E-state index < -0.39 is 5.97 Å². The van der Waals surface area contributed by atoms with Crippen LogP contribution >= 0.6 is 22.7 Å². The maximum absolute atomic E-state index is 11.1. The van der Waals surface area contributed by atoms with Crippen LogP contribution in [-0.4, -0.2) is 33.5 Å². The van der Waals surface area contributed by atoms with Crippen LogP contribution in [0.4, 0.5) is 0 Å². The van der Waals surface area contributed by atoms with Gasteiger partial charge in [-0.25, -0.2) is 4.98 Å². The number of carboxylic acids is 1. The van der Waals surface area contributed by atoms with E-state index >= 15 is 0 Å². The molecule has 3 rings (SSSR count). The molecule has 19 heavy (non-hydrogen) atoms. The molecule has 0 bridgehead atoms. The fraction of sp³-hybridized carbons (Fsp3) is 0.385. The molecule has 3 heterocycles. The first-order valence-corrected chi connectivity index (χ1v) is 8.00. The number of rotatable bonds is 4. The molecular weight excluding hydrogens is 280 g/mol. The third kappa shape index (κ3) is 2.70. The Labute approximate surface area is 119 Å². The number of hydrogen-bond donors (Lipinski definition) is 1. The minimum absolute atomic E-state index is 0.341. The second-order valence-corrected chi connectivity index (χ2v) is 6.26. The van der Waals surface area contributed by atoms with Gasteiger partial charge < -0.3 is 5.11 Å². The number of likely N-dealkylation sites (tertiary alicyclic amines) is 1. The number of carbonyl (C=O) groups is 1. The normalized spacial score (nSPS) is 19.9. The molecule has 0 aromatic carbocycles. The van der Waals surface area contributed by atoms with Crippen molar-refractivity contribution in [1.82, 2.24) is 9.88 Å². The van der Waals surface area contributed by atoms with E-state index in [1.54, 1.807) is 22.7 Å². The Balaban J connectivity index is 1.72. The van der Waals surface area contributed by atoms with Gasteiger partial charge in [0.05, 0.1) is 5.69 Å². The zero-order chi connectivity index (χ0) is 13.2. The number of aliphatic carboxylic acids is 1. The summed E-state index contributed by atoms with van der Waals surface area (Å²) in [6.45, 7) is 1.49. The molecule has 0 amide bonds. The summed E-state index contributed by atoms with van der Waals surface area (Å²) in [5.41, 5.74) is 2.12. The quantitative estimate of drug-likeness (QED) is 0.942. The first-order valence-electron chi connectivity index (χ1n) is 6.18. The highest BCUT2D eigenvalue weighted by molar-refractivity contribution is 7.14. The average molecular weight is 294 g/mol. The van der Waals surface area contributed by atoms with Crippen molar-refractivity contribution in [2.75, 3.05) is 6.54 Å². The van der Waals surface area contributed by atoms with Gasteiger partial charge in [-0.1, -0.05) is 0 Å². The Kier molecular flexibility index (Phi) is 3.63. The summed E-state index contributed by atoms with van der Waals surface area (Å²) in [5, 5.41) is 16.3. The first-order chi connectivity index (χ1) is 9.24. The van der Waals surface area contributed by atoms with Gasteiger partial charge >= 0.3 is 5.97 Å². The molecule has 1 atom stereocenters. The Morgan fingerprint density at radius 2 is 2.42 bits per heavy atom. The molecule has 6 heteroatoms. The molecule has 1 N–H and O–H groups in total. The fourth-order valence-corrected chi connectivity index (χ4v) is 3.92. The lowest BCUT2D eigenvalue weighted by Crippen LogP contribution is -2.35. The lowest BCUT2D eigenvalue weighted by Gasteiger charge is -2.19. The predicted molar refractivity (Wildman–Crippen MR) is 76.5 cm³/mol. The third-order valence-electron chi connectivity index (χ3n) is 3.33. The monoisotopic (exact) mass is 294 g/mol. The van der Waals surface area contributed by atoms with Crippen molar-refractivity contribution in [2.45, 2.75) is 25.4 Å². The zero-order valence-electron chi connectivity index (χ0n) is 10.3. The van der Waals surface area contributed by atoms with E-state index in [2.05, 4.69) is 16.4 Å². The molecule has 100 valence electrons. The first kappa shape index (κ1) is 12.8. The summed E-state index contributed by atoms with van der Waals surface area (Å²) in [6.07, 6.45) is 1.70. The van der Waals surface area contributed by atoms with Crippen LogP contribution in [0, 0.1) is 0 Å². The summed E-state index contributed by atoms with van der Waals surface area (Å²) >= 11 is 3.28. The van der Waals surface area contributed by atoms with Gasteiger partial charge in [0.15, 0.2) is 0 Å². The van der Waals surface area contributed by atoms with E-state index in [4.69, 9.17) is 5.11 Å². The summed E-state index contributed by atoms with van der Waals surface area (Å²) < 4.78 is 0. The average Bonchev–Trinajstić information content (AvgIpc) is 3.09. The topological polar surface area (TPSA) is 53.4 Å². The van der Waals surface area contributed by atoms with E-state index in [9.17, 15) is 4.79 Å². The molecule has 1 aliphatic heterocycles. The Hall–Kier alpha value is -1.24. The van der Waals surface area contributed by atoms with Crippen LogP contribution in [0.5, 0.6) is 0 Å². The number of thiazole rings is 1. The lowest BCUT2D eigenvalue weighted by molar-refractivity contribution is -0.142. The van der Waals surface area contributed by atoms with Gasteiger partial charge in [0.1, 0.15) is 11.0 Å². The maximum Gasteiger partial charge on any atom is 0.320 e. The van der Waals surface area contributed by atoms with Crippen molar-refractivity contribution in [3.8, 4) is 10.6 Å². The van der Waals surface area contributed by atoms with Gasteiger partial charge in [-0.2, -0.15) is 11.3 Å². The largest absolute Gasteiger partial charge is 0.480 e. The minimum atomic E-state index is -0.717. The molecule has 1 aliphatic rings. The summed E-state index contributed by atoms with van der Waals surface area (Å²) in [6, 6.07) is 1.72. The smallest absolute Gasteiger partial charge is 0.320 e. The van der Waals surface area contributed by atoms with Crippen molar-refractivity contribution in [3.05, 3.63) is 27.9 Å². The van der Waals surface area contributed by atoms with Crippen LogP contribution in [-0.2, 0) is 11.3 Å². The molecule has 0 radical (unpaired) electrons. The molecule has 2 aromatic rings. The van der Waals surface area contributed by atoms with Crippen molar-refractivity contribution in [3.63, 3.8) is 0 Å². The highest BCUT2D eigenvalue weighted by Crippen LogP contribution is 2.27. The Bertz CT molecular complexity index is 565. The van der Waals surface area contributed by atoms with Crippen molar-refractivity contribution < 1.29 is 9.90 Å². The van der Waals surface area contributed by atoms with Crippen LogP contribution in [0.3, 0.4) is 0 Å². The van der Waals surface area contributed by atoms with Crippen molar-refractivity contribution in [1.29, 1.82) is 0 Å². The summed E-state index contributed by atoms with van der Waals surface area (Å²) in [5.74, 6) is -0.717. The molecule has 0 unspecified atom stereocenters. The van der Waals surface area contributed by atoms with E-state index in [0.29, 0.717) is 6.54 Å². The van der Waals surface area contributed by atoms with E-state index in [1.165, 1.54) is 0 Å². The third-order valence-corrected chi connectivity index (χ3v) is 4.96. The van der Waals surface area contributed by atoms with Gasteiger partial charge in [-0.05, 0) is 30.8 Å². The van der Waals surface area contributed by atoms with Gasteiger partial charge in [0.25, 0.3) is 0 Å². The summed E-state index contributed by atoms with van der Waals surface area (Å²) in [4.78, 5) is 17.7. The van der Waals surface area contributed by atoms with Crippen molar-refractivity contribution >= 4 is 28.6 Å². The van der Waals surface area contributed by atoms with E-state index in [0.717, 1.165) is 35.7 Å². The van der Waals surface area contributed by atoms with Gasteiger partial charge in [-0.3, -0.25) is 9.69 Å². The minimum Gasteiger partial charge on any atom is -0.480 e. The zero-order valence-corrected chi connectivity index (χ0v) is 11.9. The van der Waals surface area contributed by atoms with Crippen LogP contribution in [0.15, 0.2) is 22.2 Å². The molecule has 0 spiro atoms. The Morgan fingerprint density at radius 3 is 3.16 bits per heavy atom. The van der Waals surface area contributed by atoms with Crippen molar-refractivity contribution in [2.24, 2.45) is 0 Å². The standard InChI is InChI=1S/C13H14N2O2S2/c16-13(17)11-2-1-4-15(11)6-10-8-19-12(14-10)9-3-5-18-7-9/h3,5,7-8,11H,1-2,4,6H2,(H,16,17)/t11-/m0/s1. The second kappa shape index (κ2) is 5.40. The number of nitrogens with zero attached hydrogens (tertiary/aromatic N) is 2. The number of thiophene rings is 1. The molecule has 4 nitrogen and oxygen atoms in total. The van der Waals surface area contributed by atoms with Gasteiger partial charge in [-0.15, -0.1) is 11.3 Å². The Morgan fingerprint density at radius 1 is 1.53 bits per heavy atom. The van der Waals surface area contributed by atoms with Crippen LogP contribution in [0.25, 0.3) is 10.6 Å². The molecular formula is C13H14N2O2S2. The molecule has 0 saturated carbocycles.